The molecule has 0 aromatic rings. The van der Waals surface area contributed by atoms with Gasteiger partial charge in [0.15, 0.2) is 18.1 Å². The molecule has 25 heavy (non-hydrogen) atoms. The molecule has 0 bridgehead atoms. The van der Waals surface area contributed by atoms with Gasteiger partial charge < -0.3 is 18.3 Å². The lowest BCUT2D eigenvalue weighted by molar-refractivity contribution is -0.0502. The highest BCUT2D eigenvalue weighted by Gasteiger charge is 2.44. The van der Waals surface area contributed by atoms with Crippen LogP contribution in [0.2, 0.25) is 22.7 Å². The molecular formula is C19H44O4Si2. The van der Waals surface area contributed by atoms with Gasteiger partial charge in [0.2, 0.25) is 0 Å². The van der Waals surface area contributed by atoms with Gasteiger partial charge in [-0.2, -0.15) is 0 Å². The summed E-state index contributed by atoms with van der Waals surface area (Å²) >= 11 is 0. The summed E-state index contributed by atoms with van der Waals surface area (Å²) in [5.74, 6) is 0. The number of unbranched alkanes of at least 4 members (excludes halogenated alkanes) is 2. The lowest BCUT2D eigenvalue weighted by atomic mass is 10.2. The Morgan fingerprint density at radius 2 is 1.36 bits per heavy atom. The Hall–Kier alpha value is 0.274. The fourth-order valence-corrected chi connectivity index (χ4v) is 10.5. The van der Waals surface area contributed by atoms with Gasteiger partial charge in [0, 0.05) is 26.4 Å². The van der Waals surface area contributed by atoms with Crippen LogP contribution in [0.3, 0.4) is 0 Å². The Balaban J connectivity index is 3.68. The van der Waals surface area contributed by atoms with E-state index in [0.29, 0.717) is 23.4 Å². The van der Waals surface area contributed by atoms with Gasteiger partial charge in [-0.15, -0.1) is 0 Å². The highest BCUT2D eigenvalue weighted by Crippen LogP contribution is 2.42. The van der Waals surface area contributed by atoms with Crippen molar-refractivity contribution < 1.29 is 18.3 Å². The smallest absolute Gasteiger partial charge is 0.200 e. The van der Waals surface area contributed by atoms with E-state index in [1.54, 1.807) is 0 Å². The Labute approximate surface area is 160 Å². The van der Waals surface area contributed by atoms with E-state index in [9.17, 15) is 0 Å². The maximum absolute atomic E-state index is 6.57. The normalized spacial score (nSPS) is 13.2. The number of ether oxygens (including phenoxy) is 2. The first-order valence-corrected chi connectivity index (χ1v) is 14.0. The molecule has 0 N–H and O–H groups in total. The molecule has 0 aliphatic carbocycles. The second-order valence-electron chi connectivity index (χ2n) is 7.71. The van der Waals surface area contributed by atoms with Gasteiger partial charge in [-0.25, -0.2) is 0 Å². The van der Waals surface area contributed by atoms with Gasteiger partial charge in [-0.3, -0.25) is 0 Å². The zero-order chi connectivity index (χ0) is 19.1. The summed E-state index contributed by atoms with van der Waals surface area (Å²) in [7, 11) is -2.12. The summed E-state index contributed by atoms with van der Waals surface area (Å²) in [5, 5.41) is 0. The second kappa shape index (κ2) is 15.3. The molecule has 6 heteroatoms. The molecule has 0 atom stereocenters. The molecule has 0 aromatic heterocycles. The molecule has 0 aromatic carbocycles. The van der Waals surface area contributed by atoms with Gasteiger partial charge in [0.05, 0.1) is 0 Å². The van der Waals surface area contributed by atoms with E-state index >= 15 is 0 Å². The van der Waals surface area contributed by atoms with Crippen LogP contribution < -0.4 is 0 Å². The van der Waals surface area contributed by atoms with Gasteiger partial charge in [-0.1, -0.05) is 41.5 Å². The van der Waals surface area contributed by atoms with Crippen LogP contribution in [0.1, 0.15) is 67.7 Å². The molecule has 0 unspecified atom stereocenters. The maximum atomic E-state index is 6.57. The van der Waals surface area contributed by atoms with Crippen molar-refractivity contribution in [2.75, 3.05) is 33.2 Å². The van der Waals surface area contributed by atoms with Gasteiger partial charge in [-0.05, 0) is 48.9 Å². The van der Waals surface area contributed by atoms with Gasteiger partial charge in [0.1, 0.15) is 6.79 Å². The van der Waals surface area contributed by atoms with Crippen molar-refractivity contribution in [1.29, 1.82) is 0 Å². The first-order valence-electron chi connectivity index (χ1n) is 10.3. The van der Waals surface area contributed by atoms with E-state index in [-0.39, 0.29) is 0 Å². The number of hydrogen-bond donors (Lipinski definition) is 0. The average molecular weight is 393 g/mol. The highest BCUT2D eigenvalue weighted by atomic mass is 28.4. The predicted octanol–water partition coefficient (Wildman–Crippen LogP) is 4.88. The molecule has 0 aliphatic rings. The van der Waals surface area contributed by atoms with Crippen LogP contribution in [0.15, 0.2) is 0 Å². The minimum Gasteiger partial charge on any atom is -0.424 e. The van der Waals surface area contributed by atoms with Crippen molar-refractivity contribution >= 4 is 18.1 Å². The molecule has 0 saturated carbocycles. The van der Waals surface area contributed by atoms with E-state index in [0.717, 1.165) is 45.3 Å². The Kier molecular flexibility index (Phi) is 15.5. The third kappa shape index (κ3) is 10.3. The number of rotatable bonds is 17. The molecule has 0 amide bonds. The monoisotopic (exact) mass is 392 g/mol. The van der Waals surface area contributed by atoms with Crippen molar-refractivity contribution in [1.82, 2.24) is 0 Å². The molecule has 0 aliphatic heterocycles. The van der Waals surface area contributed by atoms with Crippen LogP contribution in [-0.2, 0) is 18.3 Å². The van der Waals surface area contributed by atoms with Crippen molar-refractivity contribution in [3.05, 3.63) is 0 Å². The highest BCUT2D eigenvalue weighted by molar-refractivity contribution is 6.77. The van der Waals surface area contributed by atoms with Crippen LogP contribution in [-0.4, -0.2) is 51.3 Å². The van der Waals surface area contributed by atoms with Crippen LogP contribution in [0.25, 0.3) is 0 Å². The standard InChI is InChI=1S/C19H44O4Si2/c1-8-20-16-21-12-10-9-11-13-22-24-15-14-23-25(17(2)3,18(4)5)19(6)7/h17-19H,8-16,24H2,1-7H3. The molecule has 0 heterocycles. The Morgan fingerprint density at radius 1 is 0.760 bits per heavy atom. The van der Waals surface area contributed by atoms with Crippen LogP contribution in [0.5, 0.6) is 0 Å². The summed E-state index contributed by atoms with van der Waals surface area (Å²) in [6.07, 6.45) is 3.39. The first kappa shape index (κ1) is 25.3. The second-order valence-corrected chi connectivity index (χ2v) is 14.7. The molecule has 0 rings (SSSR count). The fourth-order valence-electron chi connectivity index (χ4n) is 3.80. The largest absolute Gasteiger partial charge is 0.424 e. The number of hydrogen-bond acceptors (Lipinski definition) is 4. The molecule has 0 saturated heterocycles. The first-order chi connectivity index (χ1) is 11.9. The average Bonchev–Trinajstić information content (AvgIpc) is 2.54. The predicted molar refractivity (Wildman–Crippen MR) is 113 cm³/mol. The van der Waals surface area contributed by atoms with E-state index in [1.165, 1.54) is 6.42 Å². The molecule has 4 nitrogen and oxygen atoms in total. The van der Waals surface area contributed by atoms with E-state index in [4.69, 9.17) is 18.3 Å². The van der Waals surface area contributed by atoms with Crippen LogP contribution in [0.4, 0.5) is 0 Å². The molecule has 0 spiro atoms. The van der Waals surface area contributed by atoms with E-state index in [1.807, 2.05) is 6.92 Å². The minimum absolute atomic E-state index is 0.424. The van der Waals surface area contributed by atoms with Crippen LogP contribution >= 0.6 is 0 Å². The van der Waals surface area contributed by atoms with E-state index < -0.39 is 18.1 Å². The zero-order valence-corrected chi connectivity index (χ0v) is 20.4. The summed E-state index contributed by atoms with van der Waals surface area (Å²) < 4.78 is 22.9. The maximum Gasteiger partial charge on any atom is 0.200 e. The van der Waals surface area contributed by atoms with Crippen molar-refractivity contribution in [2.45, 2.75) is 90.4 Å². The lowest BCUT2D eigenvalue weighted by Crippen LogP contribution is -2.48. The summed E-state index contributed by atoms with van der Waals surface area (Å²) in [5.41, 5.74) is 2.00. The van der Waals surface area contributed by atoms with Crippen molar-refractivity contribution in [3.8, 4) is 0 Å². The molecule has 0 radical (unpaired) electrons. The summed E-state index contributed by atoms with van der Waals surface area (Å²) in [6, 6.07) is 1.14. The topological polar surface area (TPSA) is 36.9 Å². The third-order valence-corrected chi connectivity index (χ3v) is 12.2. The Morgan fingerprint density at radius 3 is 1.92 bits per heavy atom. The van der Waals surface area contributed by atoms with Crippen LogP contribution in [0, 0.1) is 0 Å². The fraction of sp³-hybridized carbons (Fsp3) is 1.00. The minimum atomic E-state index is -1.69. The quantitative estimate of drug-likeness (QED) is 0.201. The van der Waals surface area contributed by atoms with E-state index in [2.05, 4.69) is 41.5 Å². The zero-order valence-electron chi connectivity index (χ0n) is 17.9. The summed E-state index contributed by atoms with van der Waals surface area (Å²) in [4.78, 5) is 0. The molecular weight excluding hydrogens is 348 g/mol. The third-order valence-electron chi connectivity index (χ3n) is 4.94. The summed E-state index contributed by atoms with van der Waals surface area (Å²) in [6.45, 7) is 19.8. The molecule has 152 valence electrons. The van der Waals surface area contributed by atoms with Crippen molar-refractivity contribution in [3.63, 3.8) is 0 Å². The van der Waals surface area contributed by atoms with Gasteiger partial charge >= 0.3 is 0 Å². The molecule has 0 fully saturated rings. The lowest BCUT2D eigenvalue weighted by Gasteiger charge is -2.42. The van der Waals surface area contributed by atoms with Crippen molar-refractivity contribution in [2.24, 2.45) is 0 Å². The Bertz CT molecular complexity index is 277. The SMILES string of the molecule is CCOCOCCCCCO[SiH2]CCO[Si](C(C)C)(C(C)C)C(C)C. The van der Waals surface area contributed by atoms with Gasteiger partial charge in [0.25, 0.3) is 0 Å².